The number of aromatic nitrogens is 2. The summed E-state index contributed by atoms with van der Waals surface area (Å²) in [5, 5.41) is 16.9. The maximum absolute atomic E-state index is 13.3. The van der Waals surface area contributed by atoms with E-state index >= 15 is 0 Å². The van der Waals surface area contributed by atoms with Crippen LogP contribution in [0.4, 0.5) is 19.0 Å². The fraction of sp³-hybridized carbons (Fsp3) is 0.417. The molecule has 0 radical (unpaired) electrons. The molecule has 1 unspecified atom stereocenters. The maximum Gasteiger partial charge on any atom is 0.416 e. The molecular weight excluding hydrogens is 453 g/mol. The molecule has 0 aliphatic carbocycles. The fourth-order valence-corrected chi connectivity index (χ4v) is 4.27. The van der Waals surface area contributed by atoms with Crippen LogP contribution in [0.15, 0.2) is 36.4 Å². The number of aryl methyl sites for hydroxylation is 1. The minimum atomic E-state index is -4.39. The Labute approximate surface area is 197 Å². The summed E-state index contributed by atoms with van der Waals surface area (Å²) in [6, 6.07) is 9.98. The summed E-state index contributed by atoms with van der Waals surface area (Å²) in [5.41, 5.74) is 0.921. The molecule has 178 valence electrons. The number of hydrogen-bond donors (Lipinski definition) is 2. The zero-order valence-electron chi connectivity index (χ0n) is 18.8. The SMILES string of the molecule is Cc1c([C@@H](C)Nc2nnc(C)c3ccc(OCC4CCCN4)cc23)cccc1C(F)(F)F.Cl. The molecule has 1 aliphatic heterocycles. The molecule has 1 aliphatic rings. The lowest BCUT2D eigenvalue weighted by atomic mass is 9.97. The van der Waals surface area contributed by atoms with Gasteiger partial charge >= 0.3 is 6.18 Å². The number of hydrogen-bond acceptors (Lipinski definition) is 5. The first-order valence-electron chi connectivity index (χ1n) is 10.8. The van der Waals surface area contributed by atoms with Crippen molar-refractivity contribution in [3.05, 3.63) is 58.8 Å². The third-order valence-electron chi connectivity index (χ3n) is 6.05. The monoisotopic (exact) mass is 480 g/mol. The van der Waals surface area contributed by atoms with E-state index in [4.69, 9.17) is 4.74 Å². The van der Waals surface area contributed by atoms with Crippen molar-refractivity contribution in [2.45, 2.75) is 51.9 Å². The summed E-state index contributed by atoms with van der Waals surface area (Å²) in [6.07, 6.45) is -2.14. The lowest BCUT2D eigenvalue weighted by Gasteiger charge is -2.21. The van der Waals surface area contributed by atoms with E-state index in [9.17, 15) is 13.2 Å². The van der Waals surface area contributed by atoms with Crippen LogP contribution in [-0.2, 0) is 6.18 Å². The predicted molar refractivity (Wildman–Crippen MR) is 126 cm³/mol. The molecule has 0 amide bonds. The van der Waals surface area contributed by atoms with Crippen LogP contribution in [0.1, 0.15) is 48.2 Å². The highest BCUT2D eigenvalue weighted by Gasteiger charge is 2.33. The van der Waals surface area contributed by atoms with Gasteiger partial charge in [-0.2, -0.15) is 18.3 Å². The Morgan fingerprint density at radius 1 is 1.15 bits per heavy atom. The Bertz CT molecular complexity index is 1120. The highest BCUT2D eigenvalue weighted by Crippen LogP contribution is 2.36. The second-order valence-corrected chi connectivity index (χ2v) is 8.33. The van der Waals surface area contributed by atoms with Gasteiger partial charge in [0.2, 0.25) is 0 Å². The summed E-state index contributed by atoms with van der Waals surface area (Å²) >= 11 is 0. The van der Waals surface area contributed by atoms with Crippen molar-refractivity contribution in [3.63, 3.8) is 0 Å². The van der Waals surface area contributed by atoms with Gasteiger partial charge in [-0.05, 0) is 75.5 Å². The van der Waals surface area contributed by atoms with E-state index in [0.717, 1.165) is 47.7 Å². The molecule has 3 aromatic rings. The second-order valence-electron chi connectivity index (χ2n) is 8.33. The molecule has 0 spiro atoms. The number of rotatable bonds is 6. The van der Waals surface area contributed by atoms with Crippen LogP contribution in [-0.4, -0.2) is 29.4 Å². The largest absolute Gasteiger partial charge is 0.492 e. The van der Waals surface area contributed by atoms with Crippen LogP contribution >= 0.6 is 12.4 Å². The van der Waals surface area contributed by atoms with E-state index in [1.165, 1.54) is 13.0 Å². The normalized spacial score (nSPS) is 17.0. The average molecular weight is 481 g/mol. The van der Waals surface area contributed by atoms with Gasteiger partial charge in [0.15, 0.2) is 5.82 Å². The van der Waals surface area contributed by atoms with Crippen LogP contribution in [0.3, 0.4) is 0 Å². The minimum Gasteiger partial charge on any atom is -0.492 e. The fourth-order valence-electron chi connectivity index (χ4n) is 4.27. The molecule has 2 atom stereocenters. The van der Waals surface area contributed by atoms with Gasteiger partial charge in [0.25, 0.3) is 0 Å². The Kier molecular flexibility index (Phi) is 7.69. The van der Waals surface area contributed by atoms with Crippen molar-refractivity contribution in [2.75, 3.05) is 18.5 Å². The molecule has 4 rings (SSSR count). The van der Waals surface area contributed by atoms with Gasteiger partial charge in [0.05, 0.1) is 17.3 Å². The van der Waals surface area contributed by atoms with E-state index in [0.29, 0.717) is 24.0 Å². The van der Waals surface area contributed by atoms with Gasteiger partial charge in [-0.25, -0.2) is 0 Å². The lowest BCUT2D eigenvalue weighted by Crippen LogP contribution is -2.28. The predicted octanol–water partition coefficient (Wildman–Crippen LogP) is 5.99. The molecule has 33 heavy (non-hydrogen) atoms. The van der Waals surface area contributed by atoms with Gasteiger partial charge < -0.3 is 15.4 Å². The van der Waals surface area contributed by atoms with E-state index in [1.54, 1.807) is 6.07 Å². The van der Waals surface area contributed by atoms with Gasteiger partial charge in [-0.1, -0.05) is 12.1 Å². The number of alkyl halides is 3. The molecule has 9 heteroatoms. The summed E-state index contributed by atoms with van der Waals surface area (Å²) in [5.74, 6) is 1.24. The van der Waals surface area contributed by atoms with E-state index in [2.05, 4.69) is 20.8 Å². The number of benzene rings is 2. The van der Waals surface area contributed by atoms with Gasteiger partial charge in [0.1, 0.15) is 12.4 Å². The van der Waals surface area contributed by atoms with Crippen LogP contribution in [0, 0.1) is 13.8 Å². The summed E-state index contributed by atoms with van der Waals surface area (Å²) in [4.78, 5) is 0. The third kappa shape index (κ3) is 5.50. The first-order chi connectivity index (χ1) is 15.2. The van der Waals surface area contributed by atoms with Crippen LogP contribution in [0.25, 0.3) is 10.8 Å². The standard InChI is InChI=1S/C24H27F3N4O.ClH/c1-14-19(7-4-8-22(14)24(25,26)27)15(2)29-23-21-12-18(32-13-17-6-5-11-28-17)9-10-20(21)16(3)30-31-23;/h4,7-10,12,15,17,28H,5-6,11,13H2,1-3H3,(H,29,31);1H/t15-,17?;/m1./s1. The quantitative estimate of drug-likeness (QED) is 0.453. The van der Waals surface area contributed by atoms with Crippen LogP contribution < -0.4 is 15.4 Å². The third-order valence-corrected chi connectivity index (χ3v) is 6.05. The zero-order valence-corrected chi connectivity index (χ0v) is 19.6. The van der Waals surface area contributed by atoms with Crippen molar-refractivity contribution < 1.29 is 17.9 Å². The summed E-state index contributed by atoms with van der Waals surface area (Å²) in [7, 11) is 0. The Morgan fingerprint density at radius 2 is 1.94 bits per heavy atom. The molecule has 2 N–H and O–H groups in total. The molecular formula is C24H28ClF3N4O. The van der Waals surface area contributed by atoms with Crippen molar-refractivity contribution in [1.82, 2.24) is 15.5 Å². The number of fused-ring (bicyclic) bond motifs is 1. The van der Waals surface area contributed by atoms with Gasteiger partial charge in [0, 0.05) is 16.8 Å². The van der Waals surface area contributed by atoms with E-state index in [1.807, 2.05) is 32.0 Å². The summed E-state index contributed by atoms with van der Waals surface area (Å²) < 4.78 is 46.0. The molecule has 5 nitrogen and oxygen atoms in total. The highest BCUT2D eigenvalue weighted by atomic mass is 35.5. The maximum atomic E-state index is 13.3. The molecule has 1 aromatic heterocycles. The number of halogens is 4. The molecule has 0 bridgehead atoms. The Hall–Kier alpha value is -2.58. The van der Waals surface area contributed by atoms with Crippen molar-refractivity contribution >= 4 is 29.0 Å². The van der Waals surface area contributed by atoms with Crippen LogP contribution in [0.2, 0.25) is 0 Å². The lowest BCUT2D eigenvalue weighted by molar-refractivity contribution is -0.138. The van der Waals surface area contributed by atoms with Crippen molar-refractivity contribution in [1.29, 1.82) is 0 Å². The molecule has 1 fully saturated rings. The Morgan fingerprint density at radius 3 is 2.64 bits per heavy atom. The molecule has 2 heterocycles. The Balaban J connectivity index is 0.00000306. The number of nitrogens with zero attached hydrogens (tertiary/aromatic N) is 2. The minimum absolute atomic E-state index is 0. The number of anilines is 1. The molecule has 2 aromatic carbocycles. The number of nitrogens with one attached hydrogen (secondary N) is 2. The van der Waals surface area contributed by atoms with Crippen molar-refractivity contribution in [3.8, 4) is 5.75 Å². The number of ether oxygens (including phenoxy) is 1. The van der Waals surface area contributed by atoms with Crippen LogP contribution in [0.5, 0.6) is 5.75 Å². The molecule has 0 saturated carbocycles. The first kappa shape index (κ1) is 25.1. The van der Waals surface area contributed by atoms with Crippen molar-refractivity contribution in [2.24, 2.45) is 0 Å². The zero-order chi connectivity index (χ0) is 22.9. The van der Waals surface area contributed by atoms with Gasteiger partial charge in [-0.15, -0.1) is 17.5 Å². The molecule has 1 saturated heterocycles. The topological polar surface area (TPSA) is 59.1 Å². The smallest absolute Gasteiger partial charge is 0.416 e. The average Bonchev–Trinajstić information content (AvgIpc) is 3.27. The van der Waals surface area contributed by atoms with E-state index in [-0.39, 0.29) is 18.0 Å². The first-order valence-corrected chi connectivity index (χ1v) is 10.8. The van der Waals surface area contributed by atoms with Gasteiger partial charge in [-0.3, -0.25) is 0 Å². The van der Waals surface area contributed by atoms with E-state index < -0.39 is 17.8 Å². The second kappa shape index (κ2) is 10.1. The highest BCUT2D eigenvalue weighted by molar-refractivity contribution is 5.94. The summed E-state index contributed by atoms with van der Waals surface area (Å²) in [6.45, 7) is 6.80.